The lowest BCUT2D eigenvalue weighted by Crippen LogP contribution is -2.35. The van der Waals surface area contributed by atoms with Gasteiger partial charge in [-0.2, -0.15) is 0 Å². The van der Waals surface area contributed by atoms with Crippen LogP contribution in [-0.4, -0.2) is 28.0 Å². The number of hydrogen-bond donors (Lipinski definition) is 0. The first kappa shape index (κ1) is 14.5. The van der Waals surface area contributed by atoms with Gasteiger partial charge in [0.25, 0.3) is 0 Å². The molecule has 2 aliphatic rings. The van der Waals surface area contributed by atoms with Gasteiger partial charge in [0.2, 0.25) is 0 Å². The van der Waals surface area contributed by atoms with E-state index in [9.17, 15) is 0 Å². The van der Waals surface area contributed by atoms with Crippen LogP contribution in [0.4, 0.5) is 0 Å². The zero-order chi connectivity index (χ0) is 16.3. The second-order valence-corrected chi connectivity index (χ2v) is 7.68. The zero-order valence-corrected chi connectivity index (χ0v) is 14.5. The van der Waals surface area contributed by atoms with Crippen molar-refractivity contribution >= 4 is 22.5 Å². The minimum absolute atomic E-state index is 0.552. The van der Waals surface area contributed by atoms with Crippen LogP contribution >= 0.6 is 11.6 Å². The molecule has 0 saturated heterocycles. The molecule has 0 bridgehead atoms. The normalized spacial score (nSPS) is 23.4. The number of halogens is 1. The molecule has 24 heavy (non-hydrogen) atoms. The number of fused-ring (bicyclic) bond motifs is 3. The SMILES string of the molecule is CN1Cc2c3n(c4ccc(Cl)cc24)CC(c2ccncc2)CC3C1. The molecule has 0 radical (unpaired) electrons. The topological polar surface area (TPSA) is 21.1 Å². The van der Waals surface area contributed by atoms with E-state index >= 15 is 0 Å². The molecule has 3 nitrogen and oxygen atoms in total. The van der Waals surface area contributed by atoms with Gasteiger partial charge < -0.3 is 9.47 Å². The molecular weight excluding hydrogens is 318 g/mol. The maximum Gasteiger partial charge on any atom is 0.0487 e. The molecule has 122 valence electrons. The van der Waals surface area contributed by atoms with Crippen molar-refractivity contribution < 1.29 is 0 Å². The standard InChI is InChI=1S/C20H20ClN3/c1-23-10-15-8-14(13-4-6-22-7-5-13)11-24-19-3-2-16(21)9-17(19)18(12-23)20(15)24/h2-7,9,14-15H,8,10-12H2,1H3. The molecule has 0 aliphatic carbocycles. The number of likely N-dealkylation sites (N-methyl/N-ethyl adjacent to an activating group) is 1. The molecule has 2 aliphatic heterocycles. The molecule has 3 aromatic rings. The van der Waals surface area contributed by atoms with Crippen molar-refractivity contribution in [2.75, 3.05) is 13.6 Å². The molecule has 0 fully saturated rings. The summed E-state index contributed by atoms with van der Waals surface area (Å²) >= 11 is 6.30. The second kappa shape index (κ2) is 5.33. The van der Waals surface area contributed by atoms with Gasteiger partial charge in [-0.1, -0.05) is 11.6 Å². The first-order chi connectivity index (χ1) is 11.7. The van der Waals surface area contributed by atoms with Gasteiger partial charge in [-0.25, -0.2) is 0 Å². The lowest BCUT2D eigenvalue weighted by Gasteiger charge is -2.38. The summed E-state index contributed by atoms with van der Waals surface area (Å²) in [6.07, 6.45) is 5.04. The Hall–Kier alpha value is -1.84. The predicted molar refractivity (Wildman–Crippen MR) is 97.6 cm³/mol. The molecule has 2 aromatic heterocycles. The van der Waals surface area contributed by atoms with E-state index in [0.717, 1.165) is 24.7 Å². The maximum atomic E-state index is 6.30. The first-order valence-electron chi connectivity index (χ1n) is 8.59. The van der Waals surface area contributed by atoms with Crippen molar-refractivity contribution in [1.82, 2.24) is 14.5 Å². The molecule has 0 amide bonds. The summed E-state index contributed by atoms with van der Waals surface area (Å²) in [5, 5.41) is 2.17. The Bertz CT molecular complexity index is 916. The fourth-order valence-corrected chi connectivity index (χ4v) is 4.92. The Morgan fingerprint density at radius 3 is 2.75 bits per heavy atom. The van der Waals surface area contributed by atoms with E-state index in [4.69, 9.17) is 11.6 Å². The van der Waals surface area contributed by atoms with Gasteiger partial charge in [-0.05, 0) is 54.9 Å². The minimum Gasteiger partial charge on any atom is -0.343 e. The summed E-state index contributed by atoms with van der Waals surface area (Å²) < 4.78 is 2.56. The summed E-state index contributed by atoms with van der Waals surface area (Å²) in [5.74, 6) is 1.15. The average Bonchev–Trinajstić information content (AvgIpc) is 2.90. The van der Waals surface area contributed by atoms with Crippen LogP contribution in [0, 0.1) is 0 Å². The van der Waals surface area contributed by atoms with Crippen molar-refractivity contribution in [2.24, 2.45) is 0 Å². The molecule has 4 heteroatoms. The Morgan fingerprint density at radius 1 is 1.08 bits per heavy atom. The van der Waals surface area contributed by atoms with E-state index in [0.29, 0.717) is 11.8 Å². The van der Waals surface area contributed by atoms with E-state index in [1.807, 2.05) is 18.5 Å². The van der Waals surface area contributed by atoms with Crippen LogP contribution in [0.3, 0.4) is 0 Å². The summed E-state index contributed by atoms with van der Waals surface area (Å²) in [6.45, 7) is 3.21. The van der Waals surface area contributed by atoms with Crippen molar-refractivity contribution in [3.63, 3.8) is 0 Å². The average molecular weight is 338 g/mol. The summed E-state index contributed by atoms with van der Waals surface area (Å²) in [6, 6.07) is 10.7. The number of aromatic nitrogens is 2. The van der Waals surface area contributed by atoms with Crippen molar-refractivity contribution in [2.45, 2.75) is 31.3 Å². The van der Waals surface area contributed by atoms with E-state index < -0.39 is 0 Å². The third-order valence-electron chi connectivity index (χ3n) is 5.67. The largest absolute Gasteiger partial charge is 0.343 e. The van der Waals surface area contributed by atoms with E-state index in [1.54, 1.807) is 5.69 Å². The number of rotatable bonds is 1. The number of benzene rings is 1. The van der Waals surface area contributed by atoms with Gasteiger partial charge >= 0.3 is 0 Å². The maximum absolute atomic E-state index is 6.30. The van der Waals surface area contributed by atoms with Gasteiger partial charge in [-0.3, -0.25) is 4.98 Å². The third kappa shape index (κ3) is 2.11. The molecule has 0 N–H and O–H groups in total. The van der Waals surface area contributed by atoms with Crippen LogP contribution in [0.25, 0.3) is 10.9 Å². The van der Waals surface area contributed by atoms with Crippen LogP contribution < -0.4 is 0 Å². The van der Waals surface area contributed by atoms with Crippen molar-refractivity contribution in [3.05, 3.63) is 64.6 Å². The highest BCUT2D eigenvalue weighted by Crippen LogP contribution is 2.45. The Balaban J connectivity index is 1.71. The molecule has 4 heterocycles. The highest BCUT2D eigenvalue weighted by molar-refractivity contribution is 6.31. The van der Waals surface area contributed by atoms with Gasteiger partial charge in [0.1, 0.15) is 0 Å². The predicted octanol–water partition coefficient (Wildman–Crippen LogP) is 4.41. The lowest BCUT2D eigenvalue weighted by atomic mass is 9.81. The first-order valence-corrected chi connectivity index (χ1v) is 8.97. The Labute approximate surface area is 146 Å². The monoisotopic (exact) mass is 337 g/mol. The highest BCUT2D eigenvalue weighted by Gasteiger charge is 2.36. The van der Waals surface area contributed by atoms with E-state index in [-0.39, 0.29) is 0 Å². The molecule has 5 rings (SSSR count). The molecule has 2 atom stereocenters. The molecule has 1 aromatic carbocycles. The molecule has 0 spiro atoms. The number of pyridine rings is 1. The van der Waals surface area contributed by atoms with Gasteiger partial charge in [0.05, 0.1) is 0 Å². The molecule has 2 unspecified atom stereocenters. The summed E-state index contributed by atoms with van der Waals surface area (Å²) in [7, 11) is 2.23. The van der Waals surface area contributed by atoms with Crippen molar-refractivity contribution in [3.8, 4) is 0 Å². The van der Waals surface area contributed by atoms with E-state index in [2.05, 4.69) is 45.8 Å². The lowest BCUT2D eigenvalue weighted by molar-refractivity contribution is 0.244. The smallest absolute Gasteiger partial charge is 0.0487 e. The van der Waals surface area contributed by atoms with Crippen LogP contribution in [0.15, 0.2) is 42.7 Å². The van der Waals surface area contributed by atoms with Gasteiger partial charge in [0.15, 0.2) is 0 Å². The zero-order valence-electron chi connectivity index (χ0n) is 13.7. The van der Waals surface area contributed by atoms with Crippen LogP contribution in [0.5, 0.6) is 0 Å². The third-order valence-corrected chi connectivity index (χ3v) is 5.91. The Morgan fingerprint density at radius 2 is 1.92 bits per heavy atom. The van der Waals surface area contributed by atoms with Gasteiger partial charge in [0, 0.05) is 65.5 Å². The molecule has 0 saturated carbocycles. The number of nitrogens with zero attached hydrogens (tertiary/aromatic N) is 3. The fraction of sp³-hybridized carbons (Fsp3) is 0.350. The Kier molecular flexibility index (Phi) is 3.22. The van der Waals surface area contributed by atoms with Gasteiger partial charge in [-0.15, -0.1) is 0 Å². The van der Waals surface area contributed by atoms with Crippen molar-refractivity contribution in [1.29, 1.82) is 0 Å². The van der Waals surface area contributed by atoms with E-state index in [1.165, 1.54) is 28.5 Å². The minimum atomic E-state index is 0.552. The summed E-state index contributed by atoms with van der Waals surface area (Å²) in [5.41, 5.74) is 5.78. The fourth-order valence-electron chi connectivity index (χ4n) is 4.74. The number of hydrogen-bond acceptors (Lipinski definition) is 2. The quantitative estimate of drug-likeness (QED) is 0.656. The van der Waals surface area contributed by atoms with Crippen LogP contribution in [0.1, 0.15) is 35.1 Å². The summed E-state index contributed by atoms with van der Waals surface area (Å²) in [4.78, 5) is 6.63. The molecular formula is C20H20ClN3. The van der Waals surface area contributed by atoms with Crippen LogP contribution in [-0.2, 0) is 13.1 Å². The highest BCUT2D eigenvalue weighted by atomic mass is 35.5. The second-order valence-electron chi connectivity index (χ2n) is 7.24. The van der Waals surface area contributed by atoms with Crippen LogP contribution in [0.2, 0.25) is 5.02 Å².